The minimum atomic E-state index is -0.489. The summed E-state index contributed by atoms with van der Waals surface area (Å²) in [5.74, 6) is 0.258. The molecule has 0 spiro atoms. The Hall–Kier alpha value is -1.55. The largest absolute Gasteiger partial charge is 0.494 e. The SMILES string of the molecule is CCCOc1ccc(C(=O)OOC(C)CC)cc1. The summed E-state index contributed by atoms with van der Waals surface area (Å²) in [7, 11) is 0. The van der Waals surface area contributed by atoms with E-state index >= 15 is 0 Å². The van der Waals surface area contributed by atoms with Gasteiger partial charge in [-0.15, -0.1) is 0 Å². The molecule has 0 bridgehead atoms. The number of carbonyl (C=O) groups is 1. The minimum absolute atomic E-state index is 0.0962. The summed E-state index contributed by atoms with van der Waals surface area (Å²) < 4.78 is 5.42. The summed E-state index contributed by atoms with van der Waals surface area (Å²) in [6.45, 7) is 6.51. The van der Waals surface area contributed by atoms with Gasteiger partial charge in [-0.05, 0) is 44.0 Å². The molecule has 1 atom stereocenters. The maximum Gasteiger partial charge on any atom is 0.373 e. The van der Waals surface area contributed by atoms with Gasteiger partial charge in [0.25, 0.3) is 0 Å². The van der Waals surface area contributed by atoms with Gasteiger partial charge in [-0.25, -0.2) is 4.79 Å². The molecule has 0 aliphatic rings. The number of carbonyl (C=O) groups excluding carboxylic acids is 1. The molecular formula is C14H20O4. The van der Waals surface area contributed by atoms with Crippen molar-refractivity contribution in [3.8, 4) is 5.75 Å². The molecule has 0 aliphatic heterocycles. The molecule has 0 amide bonds. The van der Waals surface area contributed by atoms with Crippen molar-refractivity contribution >= 4 is 5.97 Å². The fourth-order valence-electron chi connectivity index (χ4n) is 1.15. The first-order chi connectivity index (χ1) is 8.67. The van der Waals surface area contributed by atoms with Crippen LogP contribution in [0.3, 0.4) is 0 Å². The third-order valence-electron chi connectivity index (χ3n) is 2.43. The average molecular weight is 252 g/mol. The van der Waals surface area contributed by atoms with Gasteiger partial charge in [-0.3, -0.25) is 4.89 Å². The highest BCUT2D eigenvalue weighted by molar-refractivity contribution is 5.89. The van der Waals surface area contributed by atoms with Crippen LogP contribution in [0.25, 0.3) is 0 Å². The van der Waals surface area contributed by atoms with E-state index in [0.29, 0.717) is 12.2 Å². The van der Waals surface area contributed by atoms with Gasteiger partial charge in [0.2, 0.25) is 0 Å². The number of rotatable bonds is 7. The van der Waals surface area contributed by atoms with Crippen LogP contribution >= 0.6 is 0 Å². The lowest BCUT2D eigenvalue weighted by Gasteiger charge is -2.09. The first kappa shape index (κ1) is 14.5. The van der Waals surface area contributed by atoms with E-state index in [4.69, 9.17) is 14.5 Å². The Morgan fingerprint density at radius 2 is 1.89 bits per heavy atom. The predicted octanol–water partition coefficient (Wildman–Crippen LogP) is 3.36. The van der Waals surface area contributed by atoms with Gasteiger partial charge in [0, 0.05) is 0 Å². The monoisotopic (exact) mass is 252 g/mol. The van der Waals surface area contributed by atoms with Crippen LogP contribution in [-0.4, -0.2) is 18.7 Å². The molecule has 0 saturated carbocycles. The van der Waals surface area contributed by atoms with Gasteiger partial charge < -0.3 is 4.74 Å². The molecule has 1 aromatic carbocycles. The maximum atomic E-state index is 11.6. The molecule has 0 saturated heterocycles. The van der Waals surface area contributed by atoms with Crippen molar-refractivity contribution in [2.75, 3.05) is 6.61 Å². The molecule has 0 heterocycles. The molecule has 4 heteroatoms. The second-order valence-corrected chi connectivity index (χ2v) is 4.06. The molecule has 1 aromatic rings. The highest BCUT2D eigenvalue weighted by Gasteiger charge is 2.10. The third kappa shape index (κ3) is 4.75. The van der Waals surface area contributed by atoms with E-state index < -0.39 is 5.97 Å². The summed E-state index contributed by atoms with van der Waals surface area (Å²) in [6.07, 6.45) is 1.64. The Labute approximate surface area is 108 Å². The van der Waals surface area contributed by atoms with Crippen LogP contribution in [0.4, 0.5) is 0 Å². The Kier molecular flexibility index (Phi) is 6.22. The van der Waals surface area contributed by atoms with Crippen molar-refractivity contribution in [2.45, 2.75) is 39.7 Å². The standard InChI is InChI=1S/C14H20O4/c1-4-10-16-13-8-6-12(7-9-13)14(15)18-17-11(3)5-2/h6-9,11H,4-5,10H2,1-3H3. The van der Waals surface area contributed by atoms with Crippen molar-refractivity contribution in [1.82, 2.24) is 0 Å². The number of hydrogen-bond acceptors (Lipinski definition) is 4. The molecule has 0 N–H and O–H groups in total. The summed E-state index contributed by atoms with van der Waals surface area (Å²) in [5, 5.41) is 0. The average Bonchev–Trinajstić information content (AvgIpc) is 2.42. The van der Waals surface area contributed by atoms with E-state index in [2.05, 4.69) is 0 Å². The Bertz CT molecular complexity index is 359. The van der Waals surface area contributed by atoms with E-state index in [1.54, 1.807) is 24.3 Å². The highest BCUT2D eigenvalue weighted by atomic mass is 17.2. The van der Waals surface area contributed by atoms with Crippen molar-refractivity contribution in [3.63, 3.8) is 0 Å². The number of ether oxygens (including phenoxy) is 1. The van der Waals surface area contributed by atoms with Gasteiger partial charge in [0.05, 0.1) is 12.2 Å². The van der Waals surface area contributed by atoms with Crippen LogP contribution in [-0.2, 0) is 9.78 Å². The lowest BCUT2D eigenvalue weighted by atomic mass is 10.2. The molecule has 18 heavy (non-hydrogen) atoms. The Balaban J connectivity index is 2.48. The first-order valence-electron chi connectivity index (χ1n) is 6.27. The summed E-state index contributed by atoms with van der Waals surface area (Å²) in [6, 6.07) is 6.81. The van der Waals surface area contributed by atoms with Gasteiger partial charge in [0.1, 0.15) is 11.9 Å². The first-order valence-corrected chi connectivity index (χ1v) is 6.27. The van der Waals surface area contributed by atoms with Gasteiger partial charge in [-0.1, -0.05) is 13.8 Å². The smallest absolute Gasteiger partial charge is 0.373 e. The molecule has 4 nitrogen and oxygen atoms in total. The van der Waals surface area contributed by atoms with Crippen molar-refractivity contribution in [1.29, 1.82) is 0 Å². The number of hydrogen-bond donors (Lipinski definition) is 0. The van der Waals surface area contributed by atoms with Crippen LogP contribution in [0.2, 0.25) is 0 Å². The van der Waals surface area contributed by atoms with E-state index in [-0.39, 0.29) is 6.10 Å². The van der Waals surface area contributed by atoms with Gasteiger partial charge in [0.15, 0.2) is 0 Å². The summed E-state index contributed by atoms with van der Waals surface area (Å²) in [5.41, 5.74) is 0.446. The van der Waals surface area contributed by atoms with E-state index in [1.807, 2.05) is 20.8 Å². The second-order valence-electron chi connectivity index (χ2n) is 4.06. The number of benzene rings is 1. The Morgan fingerprint density at radius 3 is 2.44 bits per heavy atom. The van der Waals surface area contributed by atoms with Crippen LogP contribution in [0, 0.1) is 0 Å². The van der Waals surface area contributed by atoms with Crippen molar-refractivity contribution in [3.05, 3.63) is 29.8 Å². The third-order valence-corrected chi connectivity index (χ3v) is 2.43. The van der Waals surface area contributed by atoms with Crippen LogP contribution in [0.1, 0.15) is 44.0 Å². The van der Waals surface area contributed by atoms with Crippen LogP contribution in [0.15, 0.2) is 24.3 Å². The normalized spacial score (nSPS) is 11.9. The zero-order chi connectivity index (χ0) is 13.4. The lowest BCUT2D eigenvalue weighted by molar-refractivity contribution is -0.270. The second kappa shape index (κ2) is 7.71. The van der Waals surface area contributed by atoms with Crippen molar-refractivity contribution in [2.24, 2.45) is 0 Å². The molecule has 100 valence electrons. The zero-order valence-corrected chi connectivity index (χ0v) is 11.1. The van der Waals surface area contributed by atoms with Crippen LogP contribution in [0.5, 0.6) is 5.75 Å². The molecular weight excluding hydrogens is 232 g/mol. The van der Waals surface area contributed by atoms with E-state index in [0.717, 1.165) is 18.6 Å². The molecule has 0 fully saturated rings. The fraction of sp³-hybridized carbons (Fsp3) is 0.500. The quantitative estimate of drug-likeness (QED) is 0.551. The van der Waals surface area contributed by atoms with Crippen LogP contribution < -0.4 is 4.74 Å². The minimum Gasteiger partial charge on any atom is -0.494 e. The van der Waals surface area contributed by atoms with Gasteiger partial charge >= 0.3 is 5.97 Å². The predicted molar refractivity (Wildman–Crippen MR) is 68.5 cm³/mol. The lowest BCUT2D eigenvalue weighted by Crippen LogP contribution is -2.12. The molecule has 1 unspecified atom stereocenters. The molecule has 0 aromatic heterocycles. The van der Waals surface area contributed by atoms with Gasteiger partial charge in [-0.2, -0.15) is 4.89 Å². The molecule has 0 radical (unpaired) electrons. The van der Waals surface area contributed by atoms with E-state index in [9.17, 15) is 4.79 Å². The zero-order valence-electron chi connectivity index (χ0n) is 11.1. The van der Waals surface area contributed by atoms with Crippen molar-refractivity contribution < 1.29 is 19.3 Å². The molecule has 1 rings (SSSR count). The molecule has 0 aliphatic carbocycles. The summed E-state index contributed by atoms with van der Waals surface area (Å²) >= 11 is 0. The maximum absolute atomic E-state index is 11.6. The topological polar surface area (TPSA) is 44.8 Å². The summed E-state index contributed by atoms with van der Waals surface area (Å²) in [4.78, 5) is 21.2. The highest BCUT2D eigenvalue weighted by Crippen LogP contribution is 2.13. The van der Waals surface area contributed by atoms with E-state index in [1.165, 1.54) is 0 Å². The fourth-order valence-corrected chi connectivity index (χ4v) is 1.15. The Morgan fingerprint density at radius 1 is 1.22 bits per heavy atom.